The van der Waals surface area contributed by atoms with Crippen molar-refractivity contribution in [3.63, 3.8) is 0 Å². The first-order valence-corrected chi connectivity index (χ1v) is 13.7. The Hall–Kier alpha value is -1.66. The molecule has 0 aromatic heterocycles. The summed E-state index contributed by atoms with van der Waals surface area (Å²) in [5, 5.41) is 0. The van der Waals surface area contributed by atoms with Crippen LogP contribution in [-0.4, -0.2) is 76.2 Å². The summed E-state index contributed by atoms with van der Waals surface area (Å²) >= 11 is 0. The van der Waals surface area contributed by atoms with Crippen LogP contribution in [0.25, 0.3) is 0 Å². The normalized spacial score (nSPS) is 12.1. The van der Waals surface area contributed by atoms with Crippen LogP contribution in [0.1, 0.15) is 90.9 Å². The van der Waals surface area contributed by atoms with E-state index in [1.165, 1.54) is 61.2 Å². The number of unbranched alkanes of at least 4 members (excludes halogenated alkanes) is 10. The summed E-state index contributed by atoms with van der Waals surface area (Å²) in [7, 11) is 6.90. The molecule has 0 radical (unpaired) electrons. The highest BCUT2D eigenvalue weighted by molar-refractivity contribution is 5.88. The molecule has 0 aliphatic heterocycles. The number of amides is 2. The maximum atomic E-state index is 12.3. The Kier molecular flexibility index (Phi) is 20.6. The lowest BCUT2D eigenvalue weighted by molar-refractivity contribution is -0.124. The van der Waals surface area contributed by atoms with E-state index in [-0.39, 0.29) is 11.8 Å². The molecular weight excluding hydrogens is 440 g/mol. The molecule has 0 fully saturated rings. The van der Waals surface area contributed by atoms with Crippen molar-refractivity contribution < 1.29 is 19.1 Å². The second-order valence-electron chi connectivity index (χ2n) is 10.0. The van der Waals surface area contributed by atoms with Crippen molar-refractivity contribution in [2.75, 3.05) is 54.6 Å². The molecule has 0 bridgehead atoms. The first-order chi connectivity index (χ1) is 16.8. The summed E-state index contributed by atoms with van der Waals surface area (Å²) < 4.78 is 12.2. The number of hydrogen-bond donors (Lipinski definition) is 0. The fourth-order valence-electron chi connectivity index (χ4n) is 3.56. The number of nitrogens with zero attached hydrogens (tertiary/aromatic N) is 2. The molecule has 6 nitrogen and oxygen atoms in total. The highest BCUT2D eigenvalue weighted by Gasteiger charge is 2.26. The van der Waals surface area contributed by atoms with Crippen LogP contribution in [0.3, 0.4) is 0 Å². The molecular formula is C29H54N2O4. The Bertz CT molecular complexity index is 547. The van der Waals surface area contributed by atoms with Crippen LogP contribution < -0.4 is 0 Å². The fraction of sp³-hybridized carbons (Fsp3) is 0.793. The average Bonchev–Trinajstić information content (AvgIpc) is 2.83. The van der Waals surface area contributed by atoms with Crippen molar-refractivity contribution >= 4 is 11.8 Å². The third kappa shape index (κ3) is 18.3. The molecule has 204 valence electrons. The smallest absolute Gasteiger partial charge is 0.245 e. The third-order valence-corrected chi connectivity index (χ3v) is 6.02. The Balaban J connectivity index is 5.19. The summed E-state index contributed by atoms with van der Waals surface area (Å²) in [6.07, 6.45) is 21.2. The molecule has 0 N–H and O–H groups in total. The van der Waals surface area contributed by atoms with E-state index in [0.29, 0.717) is 26.4 Å². The van der Waals surface area contributed by atoms with Crippen molar-refractivity contribution in [1.29, 1.82) is 0 Å². The fourth-order valence-corrected chi connectivity index (χ4v) is 3.56. The number of hydrogen-bond acceptors (Lipinski definition) is 4. The van der Waals surface area contributed by atoms with Gasteiger partial charge in [0, 0.05) is 53.6 Å². The van der Waals surface area contributed by atoms with Crippen molar-refractivity contribution in [2.24, 2.45) is 5.41 Å². The van der Waals surface area contributed by atoms with Gasteiger partial charge in [-0.05, 0) is 12.8 Å². The Morgan fingerprint density at radius 1 is 0.600 bits per heavy atom. The van der Waals surface area contributed by atoms with Gasteiger partial charge in [-0.15, -0.1) is 0 Å². The van der Waals surface area contributed by atoms with E-state index in [2.05, 4.69) is 13.8 Å². The van der Waals surface area contributed by atoms with Gasteiger partial charge in [0.25, 0.3) is 0 Å². The van der Waals surface area contributed by atoms with E-state index < -0.39 is 5.41 Å². The van der Waals surface area contributed by atoms with E-state index in [0.717, 1.165) is 25.7 Å². The van der Waals surface area contributed by atoms with Gasteiger partial charge in [0.1, 0.15) is 0 Å². The molecule has 6 heteroatoms. The number of carbonyl (C=O) groups excluding carboxylic acids is 2. The molecule has 0 aliphatic carbocycles. The summed E-state index contributed by atoms with van der Waals surface area (Å²) in [5.74, 6) is -0.206. The van der Waals surface area contributed by atoms with Gasteiger partial charge in [0.05, 0.1) is 18.6 Å². The van der Waals surface area contributed by atoms with Gasteiger partial charge in [0.15, 0.2) is 0 Å². The molecule has 0 saturated heterocycles. The van der Waals surface area contributed by atoms with Gasteiger partial charge in [-0.1, -0.05) is 90.2 Å². The van der Waals surface area contributed by atoms with E-state index >= 15 is 0 Å². The highest BCUT2D eigenvalue weighted by atomic mass is 16.5. The largest absolute Gasteiger partial charge is 0.380 e. The summed E-state index contributed by atoms with van der Waals surface area (Å²) in [4.78, 5) is 27.7. The maximum Gasteiger partial charge on any atom is 0.245 e. The minimum Gasteiger partial charge on any atom is -0.380 e. The molecule has 0 aromatic rings. The van der Waals surface area contributed by atoms with Gasteiger partial charge < -0.3 is 19.3 Å². The minimum atomic E-state index is -0.679. The first kappa shape index (κ1) is 33.3. The molecule has 35 heavy (non-hydrogen) atoms. The lowest BCUT2D eigenvalue weighted by Gasteiger charge is -2.28. The monoisotopic (exact) mass is 494 g/mol. The molecule has 0 saturated carbocycles. The Morgan fingerprint density at radius 2 is 0.943 bits per heavy atom. The van der Waals surface area contributed by atoms with Crippen molar-refractivity contribution in [1.82, 2.24) is 9.80 Å². The van der Waals surface area contributed by atoms with Gasteiger partial charge in [0.2, 0.25) is 11.8 Å². The summed E-state index contributed by atoms with van der Waals surface area (Å²) in [6.45, 7) is 6.51. The topological polar surface area (TPSA) is 59.1 Å². The van der Waals surface area contributed by atoms with Crippen molar-refractivity contribution in [2.45, 2.75) is 90.9 Å². The van der Waals surface area contributed by atoms with Gasteiger partial charge in [-0.25, -0.2) is 0 Å². The SMILES string of the molecule is CCCCCCCCOCC(C=CC(=O)N(C)C)(C=CC(=O)N(C)C)COCCCCCCCC. The zero-order valence-electron chi connectivity index (χ0n) is 23.7. The zero-order chi connectivity index (χ0) is 26.4. The van der Waals surface area contributed by atoms with Crippen LogP contribution in [0.15, 0.2) is 24.3 Å². The molecule has 0 atom stereocenters. The van der Waals surface area contributed by atoms with Gasteiger partial charge in [-0.2, -0.15) is 0 Å². The summed E-state index contributed by atoms with van der Waals surface area (Å²) in [6, 6.07) is 0. The van der Waals surface area contributed by atoms with Crippen LogP contribution >= 0.6 is 0 Å². The van der Waals surface area contributed by atoms with Crippen molar-refractivity contribution in [3.8, 4) is 0 Å². The molecule has 0 heterocycles. The second kappa shape index (κ2) is 21.6. The van der Waals surface area contributed by atoms with Crippen molar-refractivity contribution in [3.05, 3.63) is 24.3 Å². The predicted molar refractivity (Wildman–Crippen MR) is 146 cm³/mol. The van der Waals surface area contributed by atoms with E-state index in [9.17, 15) is 9.59 Å². The number of likely N-dealkylation sites (N-methyl/N-ethyl adjacent to an activating group) is 2. The Labute approximate surface area is 216 Å². The van der Waals surface area contributed by atoms with E-state index in [4.69, 9.17) is 9.47 Å². The number of rotatable bonds is 22. The number of ether oxygens (including phenoxy) is 2. The third-order valence-electron chi connectivity index (χ3n) is 6.02. The Morgan fingerprint density at radius 3 is 1.29 bits per heavy atom. The lowest BCUT2D eigenvalue weighted by Crippen LogP contribution is -2.31. The van der Waals surface area contributed by atoms with Gasteiger partial charge in [-0.3, -0.25) is 9.59 Å². The van der Waals surface area contributed by atoms with Crippen LogP contribution in [-0.2, 0) is 19.1 Å². The molecule has 0 unspecified atom stereocenters. The van der Waals surface area contributed by atoms with Crippen LogP contribution in [0.2, 0.25) is 0 Å². The number of carbonyl (C=O) groups is 2. The quantitative estimate of drug-likeness (QED) is 0.136. The van der Waals surface area contributed by atoms with E-state index in [1.54, 1.807) is 40.3 Å². The standard InChI is InChI=1S/C29H54N2O4/c1-7-9-11-13-15-17-23-34-25-29(21-19-27(32)30(3)4,22-20-28(33)31(5)6)26-35-24-18-16-14-12-10-8-2/h19-22H,7-18,23-26H2,1-6H3. The zero-order valence-corrected chi connectivity index (χ0v) is 23.7. The maximum absolute atomic E-state index is 12.3. The molecule has 0 aliphatic rings. The molecule has 2 amide bonds. The van der Waals surface area contributed by atoms with Gasteiger partial charge >= 0.3 is 0 Å². The van der Waals surface area contributed by atoms with Crippen LogP contribution in [0.5, 0.6) is 0 Å². The van der Waals surface area contributed by atoms with Crippen LogP contribution in [0, 0.1) is 5.41 Å². The van der Waals surface area contributed by atoms with Crippen LogP contribution in [0.4, 0.5) is 0 Å². The second-order valence-corrected chi connectivity index (χ2v) is 10.0. The molecule has 0 spiro atoms. The average molecular weight is 495 g/mol. The molecule has 0 aromatic carbocycles. The van der Waals surface area contributed by atoms with E-state index in [1.807, 2.05) is 12.2 Å². The first-order valence-electron chi connectivity index (χ1n) is 13.7. The minimum absolute atomic E-state index is 0.103. The highest BCUT2D eigenvalue weighted by Crippen LogP contribution is 2.24. The molecule has 0 rings (SSSR count). The summed E-state index contributed by atoms with van der Waals surface area (Å²) in [5.41, 5.74) is -0.679. The lowest BCUT2D eigenvalue weighted by atomic mass is 9.88. The predicted octanol–water partition coefficient (Wildman–Crippen LogP) is 6.02.